The van der Waals surface area contributed by atoms with Gasteiger partial charge in [0.25, 0.3) is 0 Å². The molecule has 94 valence electrons. The van der Waals surface area contributed by atoms with E-state index in [4.69, 9.17) is 4.74 Å². The molecule has 1 aromatic carbocycles. The Morgan fingerprint density at radius 1 is 1.44 bits per heavy atom. The van der Waals surface area contributed by atoms with Crippen molar-refractivity contribution in [3.63, 3.8) is 0 Å². The van der Waals surface area contributed by atoms with Gasteiger partial charge in [0, 0.05) is 12.1 Å². The standard InChI is InChI=1S/C14H17N3O/c1-18-12-5-2-4-11(8-12)17-10-15-9-14(17)13-6-3-7-16-13/h2,4-5,8-10,13,16H,3,6-7H2,1H3. The first-order valence-electron chi connectivity index (χ1n) is 6.28. The molecule has 3 rings (SSSR count). The Balaban J connectivity index is 1.98. The Morgan fingerprint density at radius 2 is 2.39 bits per heavy atom. The van der Waals surface area contributed by atoms with Crippen LogP contribution in [0.1, 0.15) is 24.6 Å². The molecule has 4 nitrogen and oxygen atoms in total. The Labute approximate surface area is 107 Å². The quantitative estimate of drug-likeness (QED) is 0.899. The number of hydrogen-bond donors (Lipinski definition) is 1. The average Bonchev–Trinajstić information content (AvgIpc) is 3.09. The Morgan fingerprint density at radius 3 is 3.17 bits per heavy atom. The summed E-state index contributed by atoms with van der Waals surface area (Å²) in [5.41, 5.74) is 2.32. The highest BCUT2D eigenvalue weighted by Gasteiger charge is 2.20. The molecule has 1 unspecified atom stereocenters. The molecule has 1 atom stereocenters. The Hall–Kier alpha value is -1.81. The van der Waals surface area contributed by atoms with Crippen LogP contribution in [0.3, 0.4) is 0 Å². The van der Waals surface area contributed by atoms with Crippen LogP contribution in [0.25, 0.3) is 5.69 Å². The molecule has 2 aromatic rings. The lowest BCUT2D eigenvalue weighted by molar-refractivity contribution is 0.414. The van der Waals surface area contributed by atoms with Crippen molar-refractivity contribution in [1.82, 2.24) is 14.9 Å². The molecule has 1 aliphatic heterocycles. The van der Waals surface area contributed by atoms with E-state index in [9.17, 15) is 0 Å². The molecule has 2 heterocycles. The van der Waals surface area contributed by atoms with Gasteiger partial charge < -0.3 is 14.6 Å². The fourth-order valence-electron chi connectivity index (χ4n) is 2.48. The van der Waals surface area contributed by atoms with Crippen molar-refractivity contribution in [3.05, 3.63) is 42.5 Å². The van der Waals surface area contributed by atoms with Crippen molar-refractivity contribution < 1.29 is 4.74 Å². The minimum Gasteiger partial charge on any atom is -0.497 e. The molecule has 1 fully saturated rings. The molecule has 1 saturated heterocycles. The summed E-state index contributed by atoms with van der Waals surface area (Å²) in [6.07, 6.45) is 6.22. The van der Waals surface area contributed by atoms with E-state index in [0.717, 1.165) is 18.0 Å². The summed E-state index contributed by atoms with van der Waals surface area (Å²) in [5, 5.41) is 3.51. The van der Waals surface area contributed by atoms with Gasteiger partial charge in [0.1, 0.15) is 5.75 Å². The van der Waals surface area contributed by atoms with E-state index in [0.29, 0.717) is 6.04 Å². The first-order valence-corrected chi connectivity index (χ1v) is 6.28. The highest BCUT2D eigenvalue weighted by molar-refractivity contribution is 5.40. The van der Waals surface area contributed by atoms with Crippen LogP contribution in [0, 0.1) is 0 Å². The molecule has 0 bridgehead atoms. The smallest absolute Gasteiger partial charge is 0.120 e. The second-order valence-electron chi connectivity index (χ2n) is 4.54. The van der Waals surface area contributed by atoms with Gasteiger partial charge in [-0.05, 0) is 31.5 Å². The molecular formula is C14H17N3O. The van der Waals surface area contributed by atoms with Crippen LogP contribution in [0.15, 0.2) is 36.8 Å². The predicted molar refractivity (Wildman–Crippen MR) is 70.1 cm³/mol. The fraction of sp³-hybridized carbons (Fsp3) is 0.357. The molecule has 1 N–H and O–H groups in total. The van der Waals surface area contributed by atoms with Crippen molar-refractivity contribution in [2.24, 2.45) is 0 Å². The Bertz CT molecular complexity index is 529. The average molecular weight is 243 g/mol. The summed E-state index contributed by atoms with van der Waals surface area (Å²) in [5.74, 6) is 0.867. The summed E-state index contributed by atoms with van der Waals surface area (Å²) in [6.45, 7) is 1.09. The van der Waals surface area contributed by atoms with Crippen LogP contribution < -0.4 is 10.1 Å². The van der Waals surface area contributed by atoms with E-state index in [-0.39, 0.29) is 0 Å². The number of nitrogens with one attached hydrogen (secondary N) is 1. The number of ether oxygens (including phenoxy) is 1. The zero-order valence-corrected chi connectivity index (χ0v) is 10.5. The number of hydrogen-bond acceptors (Lipinski definition) is 3. The van der Waals surface area contributed by atoms with Crippen LogP contribution in [0.2, 0.25) is 0 Å². The summed E-state index contributed by atoms with van der Waals surface area (Å²) >= 11 is 0. The third-order valence-corrected chi connectivity index (χ3v) is 3.42. The lowest BCUT2D eigenvalue weighted by atomic mass is 10.1. The summed E-state index contributed by atoms with van der Waals surface area (Å²) < 4.78 is 7.40. The van der Waals surface area contributed by atoms with Crippen LogP contribution >= 0.6 is 0 Å². The molecule has 1 aliphatic rings. The molecule has 0 spiro atoms. The molecule has 0 amide bonds. The number of imidazole rings is 1. The van der Waals surface area contributed by atoms with Crippen molar-refractivity contribution in [3.8, 4) is 11.4 Å². The zero-order chi connectivity index (χ0) is 12.4. The second-order valence-corrected chi connectivity index (χ2v) is 4.54. The number of rotatable bonds is 3. The lowest BCUT2D eigenvalue weighted by Crippen LogP contribution is -2.16. The first kappa shape index (κ1) is 11.3. The van der Waals surface area contributed by atoms with Crippen LogP contribution in [-0.4, -0.2) is 23.2 Å². The van der Waals surface area contributed by atoms with Gasteiger partial charge in [0.15, 0.2) is 0 Å². The van der Waals surface area contributed by atoms with Gasteiger partial charge >= 0.3 is 0 Å². The van der Waals surface area contributed by atoms with E-state index in [1.165, 1.54) is 18.5 Å². The highest BCUT2D eigenvalue weighted by Crippen LogP contribution is 2.26. The molecule has 0 aliphatic carbocycles. The van der Waals surface area contributed by atoms with Crippen molar-refractivity contribution in [2.75, 3.05) is 13.7 Å². The molecule has 18 heavy (non-hydrogen) atoms. The molecule has 1 aromatic heterocycles. The van der Waals surface area contributed by atoms with Crippen molar-refractivity contribution >= 4 is 0 Å². The SMILES string of the molecule is COc1cccc(-n2cncc2C2CCCN2)c1. The third-order valence-electron chi connectivity index (χ3n) is 3.42. The van der Waals surface area contributed by atoms with Gasteiger partial charge in [-0.25, -0.2) is 4.98 Å². The summed E-state index contributed by atoms with van der Waals surface area (Å²) in [4.78, 5) is 4.28. The van der Waals surface area contributed by atoms with Gasteiger partial charge in [0.05, 0.1) is 31.0 Å². The number of nitrogens with zero attached hydrogens (tertiary/aromatic N) is 2. The number of benzene rings is 1. The zero-order valence-electron chi connectivity index (χ0n) is 10.5. The van der Waals surface area contributed by atoms with Crippen molar-refractivity contribution in [2.45, 2.75) is 18.9 Å². The third kappa shape index (κ3) is 1.99. The minimum absolute atomic E-state index is 0.415. The van der Waals surface area contributed by atoms with Gasteiger partial charge in [0.2, 0.25) is 0 Å². The van der Waals surface area contributed by atoms with E-state index in [2.05, 4.69) is 20.9 Å². The maximum atomic E-state index is 5.27. The minimum atomic E-state index is 0.415. The Kier molecular flexibility index (Phi) is 3.02. The van der Waals surface area contributed by atoms with E-state index >= 15 is 0 Å². The van der Waals surface area contributed by atoms with E-state index in [1.54, 1.807) is 7.11 Å². The van der Waals surface area contributed by atoms with Crippen LogP contribution in [0.4, 0.5) is 0 Å². The van der Waals surface area contributed by atoms with Gasteiger partial charge in [-0.1, -0.05) is 6.07 Å². The maximum absolute atomic E-state index is 5.27. The maximum Gasteiger partial charge on any atom is 0.120 e. The normalized spacial score (nSPS) is 19.1. The van der Waals surface area contributed by atoms with Gasteiger partial charge in [-0.3, -0.25) is 0 Å². The fourth-order valence-corrected chi connectivity index (χ4v) is 2.48. The van der Waals surface area contributed by atoms with Crippen LogP contribution in [0.5, 0.6) is 5.75 Å². The number of aromatic nitrogens is 2. The monoisotopic (exact) mass is 243 g/mol. The molecular weight excluding hydrogens is 226 g/mol. The summed E-state index contributed by atoms with van der Waals surface area (Å²) in [6, 6.07) is 8.47. The number of methoxy groups -OCH3 is 1. The molecule has 0 radical (unpaired) electrons. The van der Waals surface area contributed by atoms with E-state index in [1.807, 2.05) is 30.7 Å². The largest absolute Gasteiger partial charge is 0.497 e. The van der Waals surface area contributed by atoms with Crippen molar-refractivity contribution in [1.29, 1.82) is 0 Å². The lowest BCUT2D eigenvalue weighted by Gasteiger charge is -2.14. The topological polar surface area (TPSA) is 39.1 Å². The van der Waals surface area contributed by atoms with Gasteiger partial charge in [-0.2, -0.15) is 0 Å². The highest BCUT2D eigenvalue weighted by atomic mass is 16.5. The summed E-state index contributed by atoms with van der Waals surface area (Å²) in [7, 11) is 1.69. The van der Waals surface area contributed by atoms with Crippen LogP contribution in [-0.2, 0) is 0 Å². The molecule has 4 heteroatoms. The van der Waals surface area contributed by atoms with E-state index < -0.39 is 0 Å². The predicted octanol–water partition coefficient (Wildman–Crippen LogP) is 2.31. The first-order chi connectivity index (χ1) is 8.88. The second kappa shape index (κ2) is 4.82. The molecule has 0 saturated carbocycles. The van der Waals surface area contributed by atoms with Gasteiger partial charge in [-0.15, -0.1) is 0 Å².